The maximum Gasteiger partial charge on any atom is 0.144 e. The van der Waals surface area contributed by atoms with Crippen molar-refractivity contribution in [2.75, 3.05) is 0 Å². The highest BCUT2D eigenvalue weighted by Crippen LogP contribution is 2.31. The smallest absolute Gasteiger partial charge is 0.144 e. The van der Waals surface area contributed by atoms with E-state index in [4.69, 9.17) is 11.6 Å². The van der Waals surface area contributed by atoms with Crippen LogP contribution in [0.3, 0.4) is 0 Å². The lowest BCUT2D eigenvalue weighted by Crippen LogP contribution is -1.68. The van der Waals surface area contributed by atoms with Crippen LogP contribution in [0.25, 0.3) is 15.1 Å². The van der Waals surface area contributed by atoms with Gasteiger partial charge in [-0.1, -0.05) is 29.8 Å². The number of rotatable bonds is 2. The molecule has 0 aliphatic heterocycles. The molecule has 2 aromatic rings. The fourth-order valence-corrected chi connectivity index (χ4v) is 2.44. The van der Waals surface area contributed by atoms with Crippen LogP contribution >= 0.6 is 22.9 Å². The molecule has 0 saturated heterocycles. The second-order valence-corrected chi connectivity index (χ2v) is 4.29. The Morgan fingerprint density at radius 2 is 2.14 bits per heavy atom. The van der Waals surface area contributed by atoms with Crippen LogP contribution in [0, 0.1) is 0 Å². The molecule has 0 bridgehead atoms. The summed E-state index contributed by atoms with van der Waals surface area (Å²) in [5.41, 5.74) is 0. The van der Waals surface area contributed by atoms with Crippen molar-refractivity contribution >= 4 is 44.3 Å². The number of thiophene rings is 1. The Labute approximate surface area is 90.6 Å². The molecule has 0 amide bonds. The second-order valence-electron chi connectivity index (χ2n) is 2.80. The van der Waals surface area contributed by atoms with Crippen molar-refractivity contribution < 1.29 is 4.79 Å². The normalized spacial score (nSPS) is 11.9. The number of hydrogen-bond acceptors (Lipinski definition) is 2. The fourth-order valence-electron chi connectivity index (χ4n) is 1.24. The average molecular weight is 223 g/mol. The first-order valence-corrected chi connectivity index (χ1v) is 5.30. The molecule has 1 heterocycles. The van der Waals surface area contributed by atoms with Crippen LogP contribution in [0.5, 0.6) is 0 Å². The molecule has 1 aromatic heterocycles. The summed E-state index contributed by atoms with van der Waals surface area (Å²) in [6.07, 6.45) is 2.07. The predicted molar refractivity (Wildman–Crippen MR) is 61.7 cm³/mol. The van der Waals surface area contributed by atoms with Gasteiger partial charge in [-0.2, -0.15) is 0 Å². The average Bonchev–Trinajstić information content (AvgIpc) is 2.61. The van der Waals surface area contributed by atoms with E-state index >= 15 is 0 Å². The summed E-state index contributed by atoms with van der Waals surface area (Å²) in [5, 5.41) is 1.66. The molecular formula is C11H7ClOS. The van der Waals surface area contributed by atoms with Gasteiger partial charge in [-0.15, -0.1) is 11.3 Å². The van der Waals surface area contributed by atoms with Gasteiger partial charge in [0.05, 0.1) is 5.03 Å². The molecule has 2 rings (SSSR count). The molecule has 0 aliphatic carbocycles. The second kappa shape index (κ2) is 3.95. The first-order valence-electron chi connectivity index (χ1n) is 4.11. The zero-order chi connectivity index (χ0) is 9.97. The van der Waals surface area contributed by atoms with Gasteiger partial charge in [0, 0.05) is 9.58 Å². The van der Waals surface area contributed by atoms with Crippen LogP contribution in [-0.2, 0) is 4.79 Å². The van der Waals surface area contributed by atoms with E-state index in [2.05, 4.69) is 0 Å². The van der Waals surface area contributed by atoms with Crippen LogP contribution in [0.1, 0.15) is 4.88 Å². The maximum atomic E-state index is 10.2. The van der Waals surface area contributed by atoms with Gasteiger partial charge >= 0.3 is 0 Å². The molecule has 0 aliphatic rings. The van der Waals surface area contributed by atoms with E-state index < -0.39 is 0 Å². The molecule has 0 saturated carbocycles. The Hall–Kier alpha value is -1.12. The fraction of sp³-hybridized carbons (Fsp3) is 0. The van der Waals surface area contributed by atoms with Crippen molar-refractivity contribution in [3.8, 4) is 0 Å². The zero-order valence-corrected chi connectivity index (χ0v) is 8.81. The van der Waals surface area contributed by atoms with Crippen LogP contribution in [0.2, 0.25) is 0 Å². The topological polar surface area (TPSA) is 17.1 Å². The van der Waals surface area contributed by atoms with E-state index in [1.807, 2.05) is 30.3 Å². The maximum absolute atomic E-state index is 10.2. The Morgan fingerprint density at radius 3 is 2.86 bits per heavy atom. The van der Waals surface area contributed by atoms with Gasteiger partial charge < -0.3 is 0 Å². The number of benzene rings is 1. The van der Waals surface area contributed by atoms with Gasteiger partial charge in [0.15, 0.2) is 0 Å². The number of fused-ring (bicyclic) bond motifs is 1. The zero-order valence-electron chi connectivity index (χ0n) is 7.24. The number of allylic oxidation sites excluding steroid dienone is 1. The summed E-state index contributed by atoms with van der Waals surface area (Å²) in [6, 6.07) is 10.0. The first-order chi connectivity index (χ1) is 6.81. The van der Waals surface area contributed by atoms with E-state index in [1.165, 1.54) is 10.8 Å². The Balaban J connectivity index is 2.55. The molecule has 0 atom stereocenters. The van der Waals surface area contributed by atoms with Gasteiger partial charge in [0.1, 0.15) is 6.29 Å². The van der Waals surface area contributed by atoms with Crippen molar-refractivity contribution in [2.24, 2.45) is 0 Å². The van der Waals surface area contributed by atoms with Crippen LogP contribution < -0.4 is 0 Å². The molecule has 3 heteroatoms. The number of carbonyl (C=O) groups is 1. The van der Waals surface area contributed by atoms with E-state index in [9.17, 15) is 4.79 Å². The monoisotopic (exact) mass is 222 g/mol. The van der Waals surface area contributed by atoms with Gasteiger partial charge in [-0.3, -0.25) is 4.79 Å². The summed E-state index contributed by atoms with van der Waals surface area (Å²) >= 11 is 7.50. The molecule has 0 radical (unpaired) electrons. The summed E-state index contributed by atoms with van der Waals surface area (Å²) in [4.78, 5) is 11.2. The van der Waals surface area contributed by atoms with Crippen LogP contribution in [0.15, 0.2) is 36.4 Å². The molecule has 0 spiro atoms. The number of aldehydes is 1. The highest BCUT2D eigenvalue weighted by molar-refractivity contribution is 7.20. The number of hydrogen-bond donors (Lipinski definition) is 0. The Morgan fingerprint density at radius 1 is 1.36 bits per heavy atom. The lowest BCUT2D eigenvalue weighted by Gasteiger charge is -1.87. The number of carbonyl (C=O) groups excluding carboxylic acids is 1. The van der Waals surface area contributed by atoms with E-state index in [0.717, 1.165) is 10.3 Å². The lowest BCUT2D eigenvalue weighted by molar-refractivity contribution is -0.104. The summed E-state index contributed by atoms with van der Waals surface area (Å²) in [7, 11) is 0. The highest BCUT2D eigenvalue weighted by Gasteiger charge is 2.03. The predicted octanol–water partition coefficient (Wildman–Crippen LogP) is 3.68. The van der Waals surface area contributed by atoms with Crippen molar-refractivity contribution in [1.29, 1.82) is 0 Å². The molecule has 70 valence electrons. The van der Waals surface area contributed by atoms with Gasteiger partial charge in [0.25, 0.3) is 0 Å². The quantitative estimate of drug-likeness (QED) is 0.560. The molecule has 1 aromatic carbocycles. The highest BCUT2D eigenvalue weighted by atomic mass is 35.5. The van der Waals surface area contributed by atoms with E-state index in [0.29, 0.717) is 11.3 Å². The minimum absolute atomic E-state index is 0.501. The minimum atomic E-state index is 0.501. The number of halogens is 1. The largest absolute Gasteiger partial charge is 0.299 e. The third kappa shape index (κ3) is 1.72. The van der Waals surface area contributed by atoms with Crippen molar-refractivity contribution in [1.82, 2.24) is 0 Å². The third-order valence-electron chi connectivity index (χ3n) is 1.88. The standard InChI is InChI=1S/C11H7ClOS/c12-9(5-6-13)11-7-8-3-1-2-4-10(8)14-11/h1-7H/b9-5+. The van der Waals surface area contributed by atoms with Gasteiger partial charge in [-0.25, -0.2) is 0 Å². The Kier molecular flexibility index (Phi) is 2.66. The van der Waals surface area contributed by atoms with Gasteiger partial charge in [0.2, 0.25) is 0 Å². The summed E-state index contributed by atoms with van der Waals surface area (Å²) in [5.74, 6) is 0. The van der Waals surface area contributed by atoms with E-state index in [1.54, 1.807) is 11.3 Å². The minimum Gasteiger partial charge on any atom is -0.299 e. The van der Waals surface area contributed by atoms with Crippen LogP contribution in [0.4, 0.5) is 0 Å². The SMILES string of the molecule is O=C/C=C(/Cl)c1cc2ccccc2s1. The summed E-state index contributed by atoms with van der Waals surface area (Å²) < 4.78 is 1.18. The first kappa shape index (κ1) is 9.44. The van der Waals surface area contributed by atoms with Crippen molar-refractivity contribution in [3.63, 3.8) is 0 Å². The molecular weight excluding hydrogens is 216 g/mol. The molecule has 0 unspecified atom stereocenters. The molecule has 14 heavy (non-hydrogen) atoms. The lowest BCUT2D eigenvalue weighted by atomic mass is 10.2. The molecule has 0 fully saturated rings. The van der Waals surface area contributed by atoms with Crippen molar-refractivity contribution in [3.05, 3.63) is 41.3 Å². The van der Waals surface area contributed by atoms with Crippen LogP contribution in [-0.4, -0.2) is 6.29 Å². The Bertz CT molecular complexity index is 466. The van der Waals surface area contributed by atoms with Crippen molar-refractivity contribution in [2.45, 2.75) is 0 Å². The molecule has 1 nitrogen and oxygen atoms in total. The third-order valence-corrected chi connectivity index (χ3v) is 3.47. The summed E-state index contributed by atoms with van der Waals surface area (Å²) in [6.45, 7) is 0. The van der Waals surface area contributed by atoms with Gasteiger partial charge in [-0.05, 0) is 23.6 Å². The molecule has 0 N–H and O–H groups in total. The van der Waals surface area contributed by atoms with E-state index in [-0.39, 0.29) is 0 Å².